The summed E-state index contributed by atoms with van der Waals surface area (Å²) < 4.78 is 2.80. The first-order valence-electron chi connectivity index (χ1n) is 7.04. The minimum Gasteiger partial charge on any atom is -0.352 e. The largest absolute Gasteiger partial charge is 0.352 e. The van der Waals surface area contributed by atoms with Crippen LogP contribution in [0.4, 0.5) is 0 Å². The van der Waals surface area contributed by atoms with E-state index < -0.39 is 0 Å². The maximum absolute atomic E-state index is 12.4. The summed E-state index contributed by atoms with van der Waals surface area (Å²) in [7, 11) is 1.95. The second-order valence-electron chi connectivity index (χ2n) is 5.36. The zero-order valence-electron chi connectivity index (χ0n) is 11.8. The van der Waals surface area contributed by atoms with Crippen LogP contribution < -0.4 is 5.32 Å². The van der Waals surface area contributed by atoms with Crippen LogP contribution in [0.1, 0.15) is 40.5 Å². The van der Waals surface area contributed by atoms with E-state index in [-0.39, 0.29) is 5.91 Å². The van der Waals surface area contributed by atoms with Crippen LogP contribution in [-0.4, -0.2) is 27.0 Å². The highest BCUT2D eigenvalue weighted by Crippen LogP contribution is 2.40. The summed E-state index contributed by atoms with van der Waals surface area (Å²) in [5.74, 6) is 0.406. The molecule has 0 aliphatic heterocycles. The lowest BCUT2D eigenvalue weighted by Gasteiger charge is -2.09. The van der Waals surface area contributed by atoms with Gasteiger partial charge >= 0.3 is 0 Å². The summed E-state index contributed by atoms with van der Waals surface area (Å²) in [5.41, 5.74) is 2.72. The van der Waals surface area contributed by atoms with Crippen molar-refractivity contribution in [3.05, 3.63) is 46.2 Å². The third-order valence-corrected chi connectivity index (χ3v) is 4.11. The number of imidazole rings is 1. The van der Waals surface area contributed by atoms with Crippen molar-refractivity contribution in [3.63, 3.8) is 0 Å². The highest BCUT2D eigenvalue weighted by atomic mass is 79.9. The van der Waals surface area contributed by atoms with E-state index in [0.717, 1.165) is 35.1 Å². The van der Waals surface area contributed by atoms with Crippen molar-refractivity contribution >= 4 is 21.8 Å². The normalized spacial score (nSPS) is 14.2. The maximum Gasteiger partial charge on any atom is 0.253 e. The molecular weight excluding hydrogens is 332 g/mol. The summed E-state index contributed by atoms with van der Waals surface area (Å²) in [6.45, 7) is 0.592. The van der Waals surface area contributed by atoms with Gasteiger partial charge in [0.25, 0.3) is 5.91 Å². The molecule has 1 amide bonds. The third-order valence-electron chi connectivity index (χ3n) is 3.68. The fourth-order valence-electron chi connectivity index (χ4n) is 2.34. The monoisotopic (exact) mass is 348 g/mol. The van der Waals surface area contributed by atoms with Crippen LogP contribution >= 0.6 is 15.9 Å². The molecule has 2 aromatic heterocycles. The Morgan fingerprint density at radius 3 is 2.95 bits per heavy atom. The lowest BCUT2D eigenvalue weighted by Crippen LogP contribution is -2.27. The number of nitrogens with one attached hydrogen (secondary N) is 1. The van der Waals surface area contributed by atoms with Crippen molar-refractivity contribution in [1.82, 2.24) is 19.9 Å². The van der Waals surface area contributed by atoms with Crippen LogP contribution in [0.25, 0.3) is 0 Å². The van der Waals surface area contributed by atoms with Gasteiger partial charge in [0.05, 0.1) is 17.6 Å². The summed E-state index contributed by atoms with van der Waals surface area (Å²) in [4.78, 5) is 20.8. The number of pyridine rings is 1. The van der Waals surface area contributed by atoms with E-state index in [4.69, 9.17) is 0 Å². The Labute approximate surface area is 131 Å². The number of aryl methyl sites for hydroxylation is 1. The molecule has 3 rings (SSSR count). The number of carbonyl (C=O) groups excluding carboxylic acids is 1. The molecule has 1 fully saturated rings. The molecule has 1 saturated carbocycles. The topological polar surface area (TPSA) is 59.8 Å². The van der Waals surface area contributed by atoms with Gasteiger partial charge in [-0.25, -0.2) is 4.98 Å². The van der Waals surface area contributed by atoms with Crippen molar-refractivity contribution in [1.29, 1.82) is 0 Å². The van der Waals surface area contributed by atoms with Crippen LogP contribution in [0.3, 0.4) is 0 Å². The fraction of sp³-hybridized carbons (Fsp3) is 0.400. The van der Waals surface area contributed by atoms with Gasteiger partial charge in [-0.05, 0) is 34.8 Å². The van der Waals surface area contributed by atoms with Gasteiger partial charge in [-0.2, -0.15) is 0 Å². The molecule has 0 atom stereocenters. The molecule has 6 heteroatoms. The lowest BCUT2D eigenvalue weighted by atomic mass is 10.1. The number of hydrogen-bond donors (Lipinski definition) is 1. The van der Waals surface area contributed by atoms with E-state index in [0.29, 0.717) is 18.0 Å². The number of aromatic nitrogens is 3. The van der Waals surface area contributed by atoms with E-state index in [1.807, 2.05) is 23.9 Å². The molecule has 5 nitrogen and oxygen atoms in total. The molecule has 0 radical (unpaired) electrons. The number of nitrogens with zero attached hydrogens (tertiary/aromatic N) is 3. The number of amides is 1. The molecule has 1 N–H and O–H groups in total. The Morgan fingerprint density at radius 1 is 1.48 bits per heavy atom. The maximum atomic E-state index is 12.4. The van der Waals surface area contributed by atoms with Crippen LogP contribution in [0, 0.1) is 0 Å². The van der Waals surface area contributed by atoms with E-state index in [1.54, 1.807) is 12.5 Å². The predicted molar refractivity (Wildman–Crippen MR) is 83.2 cm³/mol. The number of carbonyl (C=O) groups is 1. The van der Waals surface area contributed by atoms with Crippen LogP contribution in [0.15, 0.2) is 29.3 Å². The zero-order valence-corrected chi connectivity index (χ0v) is 13.4. The summed E-state index contributed by atoms with van der Waals surface area (Å²) in [6.07, 6.45) is 8.37. The first-order valence-corrected chi connectivity index (χ1v) is 7.83. The molecule has 0 bridgehead atoms. The standard InChI is InChI=1S/C15H17BrN4O/c1-20-9-17-8-12(20)4-5-18-15(21)13-6-11(16)7-19-14(13)10-2-3-10/h6-10H,2-5H2,1H3,(H,18,21). The van der Waals surface area contributed by atoms with E-state index in [1.165, 1.54) is 0 Å². The lowest BCUT2D eigenvalue weighted by molar-refractivity contribution is 0.0952. The number of rotatable bonds is 5. The number of hydrogen-bond acceptors (Lipinski definition) is 3. The quantitative estimate of drug-likeness (QED) is 0.902. The Balaban J connectivity index is 1.65. The first kappa shape index (κ1) is 14.3. The summed E-state index contributed by atoms with van der Waals surface area (Å²) in [5, 5.41) is 2.97. The molecule has 110 valence electrons. The van der Waals surface area contributed by atoms with Gasteiger partial charge < -0.3 is 9.88 Å². The third kappa shape index (κ3) is 3.32. The molecule has 2 aromatic rings. The average Bonchev–Trinajstić information content (AvgIpc) is 3.23. The number of halogens is 1. The second kappa shape index (κ2) is 5.97. The van der Waals surface area contributed by atoms with Gasteiger partial charge in [-0.15, -0.1) is 0 Å². The van der Waals surface area contributed by atoms with Crippen molar-refractivity contribution in [2.75, 3.05) is 6.54 Å². The van der Waals surface area contributed by atoms with Crippen molar-refractivity contribution in [2.24, 2.45) is 7.05 Å². The first-order chi connectivity index (χ1) is 10.1. The van der Waals surface area contributed by atoms with Gasteiger partial charge in [-0.3, -0.25) is 9.78 Å². The molecule has 21 heavy (non-hydrogen) atoms. The molecule has 0 spiro atoms. The Bertz CT molecular complexity index is 663. The smallest absolute Gasteiger partial charge is 0.253 e. The summed E-state index contributed by atoms with van der Waals surface area (Å²) >= 11 is 3.39. The van der Waals surface area contributed by atoms with Crippen LogP contribution in [0.2, 0.25) is 0 Å². The van der Waals surface area contributed by atoms with Gasteiger partial charge in [-0.1, -0.05) is 0 Å². The summed E-state index contributed by atoms with van der Waals surface area (Å²) in [6, 6.07) is 1.86. The Morgan fingerprint density at radius 2 is 2.29 bits per heavy atom. The minimum atomic E-state index is -0.0483. The predicted octanol–water partition coefficient (Wildman–Crippen LogP) is 2.43. The van der Waals surface area contributed by atoms with Gasteiger partial charge in [0.2, 0.25) is 0 Å². The fourth-order valence-corrected chi connectivity index (χ4v) is 2.67. The van der Waals surface area contributed by atoms with Crippen LogP contribution in [-0.2, 0) is 13.5 Å². The minimum absolute atomic E-state index is 0.0483. The SMILES string of the molecule is Cn1cncc1CCNC(=O)c1cc(Br)cnc1C1CC1. The Kier molecular flexibility index (Phi) is 4.05. The van der Waals surface area contributed by atoms with E-state index >= 15 is 0 Å². The van der Waals surface area contributed by atoms with Gasteiger partial charge in [0.1, 0.15) is 0 Å². The van der Waals surface area contributed by atoms with Gasteiger partial charge in [0.15, 0.2) is 0 Å². The van der Waals surface area contributed by atoms with Crippen molar-refractivity contribution in [2.45, 2.75) is 25.2 Å². The van der Waals surface area contributed by atoms with Crippen molar-refractivity contribution in [3.8, 4) is 0 Å². The molecule has 1 aliphatic carbocycles. The molecule has 0 unspecified atom stereocenters. The molecule has 1 aliphatic rings. The molecule has 2 heterocycles. The molecular formula is C15H17BrN4O. The highest BCUT2D eigenvalue weighted by molar-refractivity contribution is 9.10. The van der Waals surface area contributed by atoms with E-state index in [2.05, 4.69) is 31.2 Å². The molecule has 0 aromatic carbocycles. The molecule has 0 saturated heterocycles. The van der Waals surface area contributed by atoms with Crippen LogP contribution in [0.5, 0.6) is 0 Å². The zero-order chi connectivity index (χ0) is 14.8. The Hall–Kier alpha value is -1.69. The highest BCUT2D eigenvalue weighted by Gasteiger charge is 2.29. The average molecular weight is 349 g/mol. The van der Waals surface area contributed by atoms with E-state index in [9.17, 15) is 4.79 Å². The second-order valence-corrected chi connectivity index (χ2v) is 6.28. The van der Waals surface area contributed by atoms with Crippen molar-refractivity contribution < 1.29 is 4.79 Å². The van der Waals surface area contributed by atoms with Gasteiger partial charge in [0, 0.05) is 48.5 Å².